The summed E-state index contributed by atoms with van der Waals surface area (Å²) in [4.78, 5) is 37.0. The first-order chi connectivity index (χ1) is 21.3. The van der Waals surface area contributed by atoms with Gasteiger partial charge in [-0.25, -0.2) is 14.3 Å². The van der Waals surface area contributed by atoms with E-state index < -0.39 is 60.5 Å². The molecule has 16 heteroatoms. The van der Waals surface area contributed by atoms with Crippen molar-refractivity contribution in [3.8, 4) is 0 Å². The third-order valence-corrected chi connectivity index (χ3v) is 11.0. The molecule has 2 aliphatic heterocycles. The summed E-state index contributed by atoms with van der Waals surface area (Å²) in [5.41, 5.74) is -0.403. The zero-order chi connectivity index (χ0) is 33.8. The molecule has 3 fully saturated rings. The fourth-order valence-corrected chi connectivity index (χ4v) is 7.12. The number of carbonyl (C=O) groups excluding carboxylic acids is 2. The Morgan fingerprint density at radius 3 is 2.39 bits per heavy atom. The highest BCUT2D eigenvalue weighted by Gasteiger charge is 2.58. The van der Waals surface area contributed by atoms with Gasteiger partial charge in [-0.2, -0.15) is 15.1 Å². The van der Waals surface area contributed by atoms with Gasteiger partial charge >= 0.3 is 12.1 Å². The molecule has 2 saturated heterocycles. The average molecular weight is 686 g/mol. The van der Waals surface area contributed by atoms with Gasteiger partial charge in [-0.3, -0.25) is 4.90 Å². The number of carbonyl (C=O) groups is 2. The van der Waals surface area contributed by atoms with Crippen LogP contribution in [0.5, 0.6) is 0 Å². The van der Waals surface area contributed by atoms with Gasteiger partial charge in [0.1, 0.15) is 31.1 Å². The van der Waals surface area contributed by atoms with Crippen molar-refractivity contribution in [3.63, 3.8) is 0 Å². The third-order valence-electron chi connectivity index (χ3n) is 8.49. The monoisotopic (exact) mass is 685 g/mol. The number of amides is 1. The lowest BCUT2D eigenvalue weighted by Crippen LogP contribution is -2.43. The number of fused-ring (bicyclic) bond motifs is 2. The number of anilines is 1. The Balaban J connectivity index is 1.50. The van der Waals surface area contributed by atoms with Crippen LogP contribution in [0.15, 0.2) is 6.20 Å². The molecule has 5 atom stereocenters. The van der Waals surface area contributed by atoms with Crippen LogP contribution in [0.25, 0.3) is 11.0 Å². The van der Waals surface area contributed by atoms with E-state index in [1.807, 2.05) is 20.8 Å². The summed E-state index contributed by atoms with van der Waals surface area (Å²) in [6.45, 7) is 15.1. The van der Waals surface area contributed by atoms with Gasteiger partial charge in [0.15, 0.2) is 23.5 Å². The Labute approximate surface area is 274 Å². The minimum Gasteiger partial charge on any atom is -0.463 e. The first-order valence-corrected chi connectivity index (χ1v) is 18.6. The van der Waals surface area contributed by atoms with Crippen LogP contribution in [-0.2, 0) is 37.8 Å². The molecule has 0 spiro atoms. The van der Waals surface area contributed by atoms with Crippen LogP contribution in [0.3, 0.4) is 0 Å². The second kappa shape index (κ2) is 12.6. The molecule has 256 valence electrons. The van der Waals surface area contributed by atoms with E-state index in [1.165, 1.54) is 24.9 Å². The first-order valence-electron chi connectivity index (χ1n) is 15.7. The van der Waals surface area contributed by atoms with E-state index in [9.17, 15) is 14.2 Å². The molecule has 0 radical (unpaired) electrons. The van der Waals surface area contributed by atoms with Crippen LogP contribution in [0.4, 0.5) is 10.6 Å². The van der Waals surface area contributed by atoms with Gasteiger partial charge in [0, 0.05) is 6.04 Å². The van der Waals surface area contributed by atoms with Gasteiger partial charge in [-0.1, -0.05) is 12.8 Å². The van der Waals surface area contributed by atoms with Crippen molar-refractivity contribution in [1.29, 1.82) is 0 Å². The van der Waals surface area contributed by atoms with Crippen LogP contribution in [-0.4, -0.2) is 99.4 Å². The predicted octanol–water partition coefficient (Wildman–Crippen LogP) is 5.50. The lowest BCUT2D eigenvalue weighted by molar-refractivity contribution is -0.207. The zero-order valence-corrected chi connectivity index (χ0v) is 29.6. The Bertz CT molecular complexity index is 1520. The molecule has 1 saturated carbocycles. The standard InChI is InChI=1S/C30H45ClN5O9P/c1-10-40-25(37)30(7,46(8,9)39)41-16-19-20-21(44-29(5,6)43-20)24(42-19)36-23-18(15-32-36)22(33-26(31)34-23)35(17-13-11-12-14-17)27(38)45-28(2,3)4/h15,17,19-21,24H,10-14,16H2,1-9H3/t19-,20-,21-,24-,30?/m1/s1. The lowest BCUT2D eigenvalue weighted by atomic mass is 10.1. The maximum atomic E-state index is 13.6. The Morgan fingerprint density at radius 1 is 1.13 bits per heavy atom. The summed E-state index contributed by atoms with van der Waals surface area (Å²) >= 11 is 6.50. The molecule has 2 aromatic heterocycles. The van der Waals surface area contributed by atoms with Crippen LogP contribution in [0.2, 0.25) is 5.28 Å². The maximum Gasteiger partial charge on any atom is 0.416 e. The molecule has 1 amide bonds. The quantitative estimate of drug-likeness (QED) is 0.186. The van der Waals surface area contributed by atoms with E-state index in [2.05, 4.69) is 15.1 Å². The molecule has 3 aliphatic rings. The van der Waals surface area contributed by atoms with Crippen LogP contribution in [0.1, 0.15) is 80.4 Å². The Morgan fingerprint density at radius 2 is 1.78 bits per heavy atom. The molecular formula is C30H45ClN5O9P. The highest BCUT2D eigenvalue weighted by molar-refractivity contribution is 7.64. The largest absolute Gasteiger partial charge is 0.463 e. The molecule has 5 rings (SSSR count). The number of ether oxygens (including phenoxy) is 6. The molecule has 1 unspecified atom stereocenters. The molecule has 0 bridgehead atoms. The van der Waals surface area contributed by atoms with Crippen molar-refractivity contribution in [3.05, 3.63) is 11.5 Å². The third kappa shape index (κ3) is 6.79. The van der Waals surface area contributed by atoms with E-state index in [1.54, 1.807) is 31.9 Å². The van der Waals surface area contributed by atoms with Crippen LogP contribution < -0.4 is 4.90 Å². The second-order valence-corrected chi connectivity index (χ2v) is 17.8. The molecule has 4 heterocycles. The molecule has 2 aromatic rings. The summed E-state index contributed by atoms with van der Waals surface area (Å²) in [6, 6.07) is -0.129. The topological polar surface area (TPSA) is 153 Å². The zero-order valence-electron chi connectivity index (χ0n) is 27.9. The van der Waals surface area contributed by atoms with Crippen LogP contribution in [0, 0.1) is 0 Å². The fraction of sp³-hybridized carbons (Fsp3) is 0.767. The second-order valence-electron chi connectivity index (χ2n) is 13.9. The van der Waals surface area contributed by atoms with Gasteiger partial charge in [0.05, 0.1) is 24.8 Å². The average Bonchev–Trinajstić information content (AvgIpc) is 3.70. The smallest absolute Gasteiger partial charge is 0.416 e. The van der Waals surface area contributed by atoms with Gasteiger partial charge in [0.2, 0.25) is 10.6 Å². The molecule has 14 nitrogen and oxygen atoms in total. The number of nitrogens with zero attached hydrogens (tertiary/aromatic N) is 5. The van der Waals surface area contributed by atoms with Gasteiger partial charge < -0.3 is 33.0 Å². The van der Waals surface area contributed by atoms with Crippen molar-refractivity contribution >= 4 is 47.7 Å². The number of hydrogen-bond donors (Lipinski definition) is 0. The SMILES string of the molecule is CCOC(=O)C(C)(OC[C@H]1O[C@@H](n2ncc3c(N(C(=O)OC(C)(C)C)C4CCCC4)nc(Cl)nc32)[C@@H]2OC(C)(C)O[C@@H]21)P(C)(C)=O. The van der Waals surface area contributed by atoms with E-state index in [4.69, 9.17) is 40.0 Å². The van der Waals surface area contributed by atoms with Gasteiger partial charge in [0.25, 0.3) is 0 Å². The normalized spacial score (nSPS) is 26.2. The Kier molecular flexibility index (Phi) is 9.57. The van der Waals surface area contributed by atoms with E-state index >= 15 is 0 Å². The van der Waals surface area contributed by atoms with Crippen molar-refractivity contribution in [2.75, 3.05) is 31.4 Å². The minimum absolute atomic E-state index is 0.0824. The van der Waals surface area contributed by atoms with Crippen molar-refractivity contribution < 1.29 is 42.6 Å². The summed E-state index contributed by atoms with van der Waals surface area (Å²) < 4.78 is 50.8. The van der Waals surface area contributed by atoms with Crippen molar-refractivity contribution in [1.82, 2.24) is 19.7 Å². The fourth-order valence-electron chi connectivity index (χ4n) is 6.07. The van der Waals surface area contributed by atoms with Crippen molar-refractivity contribution in [2.45, 2.75) is 121 Å². The Hall–Kier alpha value is -2.35. The summed E-state index contributed by atoms with van der Waals surface area (Å²) in [7, 11) is -3.15. The van der Waals surface area contributed by atoms with Gasteiger partial charge in [-0.15, -0.1) is 0 Å². The van der Waals surface area contributed by atoms with Crippen LogP contribution >= 0.6 is 18.7 Å². The summed E-state index contributed by atoms with van der Waals surface area (Å²) in [5.74, 6) is -1.39. The van der Waals surface area contributed by atoms with Gasteiger partial charge in [-0.05, 0) is 86.2 Å². The molecule has 46 heavy (non-hydrogen) atoms. The molecule has 0 aromatic carbocycles. The van der Waals surface area contributed by atoms with E-state index in [0.717, 1.165) is 25.7 Å². The minimum atomic E-state index is -3.15. The summed E-state index contributed by atoms with van der Waals surface area (Å²) in [5, 5.41) is 3.32. The number of rotatable bonds is 9. The number of aromatic nitrogens is 4. The highest BCUT2D eigenvalue weighted by Crippen LogP contribution is 2.53. The molecule has 0 N–H and O–H groups in total. The first kappa shape index (κ1) is 35.0. The van der Waals surface area contributed by atoms with E-state index in [0.29, 0.717) is 16.9 Å². The predicted molar refractivity (Wildman–Crippen MR) is 169 cm³/mol. The molecule has 1 aliphatic carbocycles. The number of esters is 1. The lowest BCUT2D eigenvalue weighted by Gasteiger charge is -2.33. The van der Waals surface area contributed by atoms with E-state index in [-0.39, 0.29) is 24.5 Å². The highest BCUT2D eigenvalue weighted by atomic mass is 35.5. The summed E-state index contributed by atoms with van der Waals surface area (Å²) in [6.07, 6.45) is 1.67. The number of halogens is 1. The molecular weight excluding hydrogens is 641 g/mol. The number of hydrogen-bond acceptors (Lipinski definition) is 12. The maximum absolute atomic E-state index is 13.6. The van der Waals surface area contributed by atoms with Crippen molar-refractivity contribution in [2.24, 2.45) is 0 Å².